The van der Waals surface area contributed by atoms with E-state index in [1.807, 2.05) is 36.5 Å². The number of nitrogens with zero attached hydrogens (tertiary/aromatic N) is 3. The van der Waals surface area contributed by atoms with Crippen LogP contribution in [0.5, 0.6) is 0 Å². The summed E-state index contributed by atoms with van der Waals surface area (Å²) in [6.45, 7) is 16.2. The molecule has 0 aliphatic heterocycles. The van der Waals surface area contributed by atoms with Crippen LogP contribution in [0.3, 0.4) is 0 Å². The monoisotopic (exact) mass is 1090 g/mol. The number of benzene rings is 8. The Morgan fingerprint density at radius 1 is 0.536 bits per heavy atom. The minimum absolute atomic E-state index is 0. The third-order valence-electron chi connectivity index (χ3n) is 12.9. The quantitative estimate of drug-likeness (QED) is 0.107. The van der Waals surface area contributed by atoms with Crippen LogP contribution in [0, 0.1) is 12.1 Å². The molecule has 0 atom stereocenters. The first-order valence-electron chi connectivity index (χ1n) is 23.7. The average Bonchev–Trinajstić information content (AvgIpc) is 3.95. The van der Waals surface area contributed by atoms with Gasteiger partial charge < -0.3 is 14.0 Å². The van der Waals surface area contributed by atoms with Gasteiger partial charge in [0.25, 0.3) is 0 Å². The molecule has 4 nitrogen and oxygen atoms in total. The van der Waals surface area contributed by atoms with Gasteiger partial charge >= 0.3 is 0 Å². The molecule has 6 heteroatoms. The van der Waals surface area contributed by atoms with Gasteiger partial charge in [-0.15, -0.1) is 54.1 Å². The molecule has 0 saturated heterocycles. The average molecular weight is 1090 g/mol. The van der Waals surface area contributed by atoms with Gasteiger partial charge in [-0.2, -0.15) is 0 Å². The van der Waals surface area contributed by atoms with E-state index in [-0.39, 0.29) is 31.9 Å². The maximum absolute atomic E-state index is 6.78. The first kappa shape index (κ1) is 47.1. The van der Waals surface area contributed by atoms with Crippen LogP contribution < -0.4 is 5.19 Å². The van der Waals surface area contributed by atoms with Gasteiger partial charge in [0.05, 0.1) is 30.5 Å². The van der Waals surface area contributed by atoms with Gasteiger partial charge in [0.1, 0.15) is 5.58 Å². The van der Waals surface area contributed by atoms with E-state index in [2.05, 4.69) is 227 Å². The fourth-order valence-corrected chi connectivity index (χ4v) is 10.4. The predicted octanol–water partition coefficient (Wildman–Crippen LogP) is 16.7. The first-order chi connectivity index (χ1) is 33.0. The van der Waals surface area contributed by atoms with Gasteiger partial charge in [-0.05, 0) is 98.4 Å². The third-order valence-corrected chi connectivity index (χ3v) is 14.9. The second kappa shape index (κ2) is 19.9. The van der Waals surface area contributed by atoms with Crippen LogP contribution >= 0.6 is 0 Å². The molecule has 0 aliphatic rings. The summed E-state index contributed by atoms with van der Waals surface area (Å²) >= 11 is 0. The predicted molar refractivity (Wildman–Crippen MR) is 289 cm³/mol. The van der Waals surface area contributed by atoms with Crippen molar-refractivity contribution < 1.29 is 24.5 Å². The Morgan fingerprint density at radius 2 is 1.13 bits per heavy atom. The second-order valence-electron chi connectivity index (χ2n) is 19.2. The number of aromatic nitrogens is 3. The molecular weight excluding hydrogens is 1040 g/mol. The zero-order valence-corrected chi connectivity index (χ0v) is 43.6. The van der Waals surface area contributed by atoms with E-state index < -0.39 is 8.07 Å². The fraction of sp³-hybridized carbons (Fsp3) is 0.143. The van der Waals surface area contributed by atoms with E-state index >= 15 is 0 Å². The molecule has 0 N–H and O–H groups in total. The van der Waals surface area contributed by atoms with Crippen molar-refractivity contribution in [3.8, 4) is 61.7 Å². The molecule has 69 heavy (non-hydrogen) atoms. The van der Waals surface area contributed by atoms with Crippen molar-refractivity contribution in [2.24, 2.45) is 0 Å². The van der Waals surface area contributed by atoms with Crippen molar-refractivity contribution in [3.63, 3.8) is 0 Å². The molecule has 11 rings (SSSR count). The minimum Gasteiger partial charge on any atom is -0.501 e. The van der Waals surface area contributed by atoms with Crippen molar-refractivity contribution >= 4 is 46.2 Å². The van der Waals surface area contributed by atoms with E-state index in [9.17, 15) is 0 Å². The summed E-state index contributed by atoms with van der Waals surface area (Å²) in [6.07, 6.45) is 1.91. The molecule has 1 radical (unpaired) electrons. The maximum Gasteiger partial charge on any atom is 0.121 e. The van der Waals surface area contributed by atoms with Gasteiger partial charge in [-0.25, -0.2) is 0 Å². The zero-order valence-electron chi connectivity index (χ0n) is 40.2. The summed E-state index contributed by atoms with van der Waals surface area (Å²) in [7, 11) is -1.25. The summed E-state index contributed by atoms with van der Waals surface area (Å²) in [5.41, 5.74) is 17.5. The van der Waals surface area contributed by atoms with E-state index in [0.29, 0.717) is 0 Å². The van der Waals surface area contributed by atoms with E-state index in [1.165, 1.54) is 44.3 Å². The topological polar surface area (TPSA) is 43.9 Å². The van der Waals surface area contributed by atoms with Crippen LogP contribution in [0.15, 0.2) is 199 Å². The molecule has 0 spiro atoms. The number of hydrogen-bond donors (Lipinski definition) is 0. The number of para-hydroxylation sites is 2. The van der Waals surface area contributed by atoms with Crippen LogP contribution in [-0.4, -0.2) is 22.6 Å². The molecule has 0 unspecified atom stereocenters. The smallest absolute Gasteiger partial charge is 0.121 e. The van der Waals surface area contributed by atoms with Gasteiger partial charge in [0.15, 0.2) is 0 Å². The van der Waals surface area contributed by atoms with Crippen LogP contribution in [0.4, 0.5) is 0 Å². The number of pyridine rings is 1. The summed E-state index contributed by atoms with van der Waals surface area (Å²) in [6, 6.07) is 73.0. The Kier molecular flexibility index (Phi) is 13.6. The molecule has 3 aromatic heterocycles. The molecule has 0 aliphatic carbocycles. The largest absolute Gasteiger partial charge is 0.501 e. The number of furan rings is 1. The maximum atomic E-state index is 6.78. The Bertz CT molecular complexity index is 3510. The van der Waals surface area contributed by atoms with Crippen molar-refractivity contribution in [2.45, 2.75) is 59.2 Å². The molecule has 0 amide bonds. The van der Waals surface area contributed by atoms with E-state index in [4.69, 9.17) is 9.40 Å². The Morgan fingerprint density at radius 3 is 1.77 bits per heavy atom. The van der Waals surface area contributed by atoms with E-state index in [1.54, 1.807) is 0 Å². The number of hydrogen-bond acceptors (Lipinski definition) is 3. The summed E-state index contributed by atoms with van der Waals surface area (Å²) in [5, 5.41) is 3.58. The van der Waals surface area contributed by atoms with Gasteiger partial charge in [-0.1, -0.05) is 179 Å². The van der Waals surface area contributed by atoms with Crippen LogP contribution in [-0.2, 0) is 20.1 Å². The van der Waals surface area contributed by atoms with E-state index in [0.717, 1.165) is 66.7 Å². The number of imidazole rings is 1. The molecule has 3 heterocycles. The molecule has 343 valence electrons. The summed E-state index contributed by atoms with van der Waals surface area (Å²) < 4.78 is 9.15. The zero-order chi connectivity index (χ0) is 46.9. The Labute approximate surface area is 421 Å². The standard InChI is InChI=1S/C49H39N2O.C14H16NSi.Ir/c1-31(2)42-28-38(36-24-22-35(23-25-36)33-14-7-5-8-15-33)29-43(32(3)4)47(42)51-45-21-12-11-20-44(45)50-49(51)41-19-13-18-40-39-27-26-37(30-46(39)52-48(40)41)34-16-9-6-10-17-34;1-16(2,3)13-9-10-15-14(11-13)12-7-5-4-6-8-12;/h5-18,20-32H,1-4H3;4-7,9-11H,1-3H3;/q2*-1;. The summed E-state index contributed by atoms with van der Waals surface area (Å²) in [5.74, 6) is 1.35. The van der Waals surface area contributed by atoms with Crippen molar-refractivity contribution in [1.82, 2.24) is 14.5 Å². The molecular formula is C63H55IrN3OSi-2. The normalized spacial score (nSPS) is 11.6. The Balaban J connectivity index is 0.000000296. The SMILES string of the molecule is CC(C)c1cc(-c2ccc(-c3ccccc3)cc2)cc(C(C)C)c1-n1c(-c2[c-]ccc3c2oc2cc(-c4ccccc4)ccc23)nc2ccccc21.C[Si](C)(C)c1ccnc(-c2[c-]cccc2)c1.[Ir]. The molecule has 0 bridgehead atoms. The molecule has 11 aromatic rings. The molecule has 0 saturated carbocycles. The van der Waals surface area contributed by atoms with Crippen LogP contribution in [0.2, 0.25) is 19.6 Å². The van der Waals surface area contributed by atoms with Crippen molar-refractivity contribution in [2.75, 3.05) is 0 Å². The van der Waals surface area contributed by atoms with Gasteiger partial charge in [0.2, 0.25) is 0 Å². The van der Waals surface area contributed by atoms with Crippen molar-refractivity contribution in [3.05, 3.63) is 218 Å². The molecule has 0 fully saturated rings. The first-order valence-corrected chi connectivity index (χ1v) is 27.2. The fourth-order valence-electron chi connectivity index (χ4n) is 9.21. The number of fused-ring (bicyclic) bond motifs is 4. The Hall–Kier alpha value is -6.95. The van der Waals surface area contributed by atoms with Gasteiger partial charge in [-0.3, -0.25) is 4.98 Å². The minimum atomic E-state index is -1.25. The second-order valence-corrected chi connectivity index (χ2v) is 24.3. The molecule has 8 aromatic carbocycles. The number of rotatable bonds is 9. The summed E-state index contributed by atoms with van der Waals surface area (Å²) in [4.78, 5) is 9.75. The third kappa shape index (κ3) is 9.58. The van der Waals surface area contributed by atoms with Crippen LogP contribution in [0.25, 0.3) is 94.7 Å². The van der Waals surface area contributed by atoms with Crippen molar-refractivity contribution in [1.29, 1.82) is 0 Å². The van der Waals surface area contributed by atoms with Gasteiger partial charge in [0, 0.05) is 37.4 Å². The van der Waals surface area contributed by atoms with Crippen LogP contribution in [0.1, 0.15) is 50.7 Å².